The van der Waals surface area contributed by atoms with Crippen LogP contribution in [-0.4, -0.2) is 23.2 Å². The first-order valence-corrected chi connectivity index (χ1v) is 4.15. The third-order valence-electron chi connectivity index (χ3n) is 0.853. The predicted octanol–water partition coefficient (Wildman–Crippen LogP) is 1.48. The van der Waals surface area contributed by atoms with E-state index >= 15 is 0 Å². The lowest BCUT2D eigenvalue weighted by molar-refractivity contribution is -0.0253. The predicted molar refractivity (Wildman–Crippen MR) is 37.3 cm³/mol. The number of halogens is 2. The maximum absolute atomic E-state index is 5.10. The summed E-state index contributed by atoms with van der Waals surface area (Å²) < 4.78 is 10.3. The van der Waals surface area contributed by atoms with Crippen LogP contribution in [0.4, 0.5) is 0 Å². The highest BCUT2D eigenvalue weighted by Crippen LogP contribution is 2.20. The molecule has 1 aliphatic heterocycles. The lowest BCUT2D eigenvalue weighted by Gasteiger charge is -2.07. The second kappa shape index (κ2) is 3.15. The normalized spacial score (nSPS) is 22.9. The molecule has 1 saturated heterocycles. The van der Waals surface area contributed by atoms with Gasteiger partial charge in [-0.3, -0.25) is 0 Å². The second-order valence-corrected chi connectivity index (χ2v) is 4.65. The van der Waals surface area contributed by atoms with E-state index in [1.165, 1.54) is 0 Å². The SMILES string of the molecule is BrC(Br)C1OCCO1. The van der Waals surface area contributed by atoms with Gasteiger partial charge in [0, 0.05) is 0 Å². The fourth-order valence-corrected chi connectivity index (χ4v) is 1.13. The highest BCUT2D eigenvalue weighted by atomic mass is 79.9. The van der Waals surface area contributed by atoms with E-state index in [0.717, 1.165) is 0 Å². The van der Waals surface area contributed by atoms with Crippen LogP contribution >= 0.6 is 31.9 Å². The second-order valence-electron chi connectivity index (χ2n) is 1.44. The van der Waals surface area contributed by atoms with Crippen molar-refractivity contribution < 1.29 is 9.47 Å². The largest absolute Gasteiger partial charge is 0.348 e. The van der Waals surface area contributed by atoms with Crippen molar-refractivity contribution in [3.05, 3.63) is 0 Å². The third kappa shape index (κ3) is 1.69. The van der Waals surface area contributed by atoms with Crippen LogP contribution in [0.25, 0.3) is 0 Å². The summed E-state index contributed by atoms with van der Waals surface area (Å²) in [7, 11) is 0. The highest BCUT2D eigenvalue weighted by molar-refractivity contribution is 9.24. The molecule has 0 unspecified atom stereocenters. The summed E-state index contributed by atoms with van der Waals surface area (Å²) in [6.45, 7) is 1.41. The Bertz CT molecular complexity index is 70.4. The van der Waals surface area contributed by atoms with E-state index in [1.807, 2.05) is 0 Å². The molecule has 48 valence electrons. The van der Waals surface area contributed by atoms with E-state index in [0.29, 0.717) is 13.2 Å². The molecule has 0 aromatic heterocycles. The lowest BCUT2D eigenvalue weighted by Crippen LogP contribution is -2.14. The molecule has 1 aliphatic rings. The Labute approximate surface area is 64.8 Å². The zero-order valence-electron chi connectivity index (χ0n) is 4.14. The van der Waals surface area contributed by atoms with Gasteiger partial charge in [-0.15, -0.1) is 0 Å². The molecule has 0 N–H and O–H groups in total. The summed E-state index contributed by atoms with van der Waals surface area (Å²) in [5.74, 6) is 0. The van der Waals surface area contributed by atoms with Crippen molar-refractivity contribution in [2.24, 2.45) is 0 Å². The Morgan fingerprint density at radius 1 is 1.25 bits per heavy atom. The highest BCUT2D eigenvalue weighted by Gasteiger charge is 2.21. The van der Waals surface area contributed by atoms with Crippen molar-refractivity contribution >= 4 is 31.9 Å². The molecule has 0 aromatic carbocycles. The Kier molecular flexibility index (Phi) is 2.75. The Morgan fingerprint density at radius 3 is 2.00 bits per heavy atom. The van der Waals surface area contributed by atoms with Crippen LogP contribution in [0, 0.1) is 0 Å². The van der Waals surface area contributed by atoms with Crippen LogP contribution in [0.15, 0.2) is 0 Å². The van der Waals surface area contributed by atoms with Gasteiger partial charge < -0.3 is 9.47 Å². The van der Waals surface area contributed by atoms with Crippen LogP contribution in [0.1, 0.15) is 0 Å². The zero-order valence-corrected chi connectivity index (χ0v) is 7.31. The average molecular weight is 246 g/mol. The maximum Gasteiger partial charge on any atom is 0.179 e. The molecule has 1 heterocycles. The minimum atomic E-state index is -0.102. The fraction of sp³-hybridized carbons (Fsp3) is 1.00. The maximum atomic E-state index is 5.10. The van der Waals surface area contributed by atoms with E-state index in [2.05, 4.69) is 31.9 Å². The van der Waals surface area contributed by atoms with Gasteiger partial charge in [-0.2, -0.15) is 0 Å². The molecular formula is C4H6Br2O2. The first-order valence-electron chi connectivity index (χ1n) is 2.32. The van der Waals surface area contributed by atoms with Crippen LogP contribution in [0.3, 0.4) is 0 Å². The van der Waals surface area contributed by atoms with Crippen molar-refractivity contribution in [1.82, 2.24) is 0 Å². The summed E-state index contributed by atoms with van der Waals surface area (Å²) in [4.78, 5) is 0. The average Bonchev–Trinajstić information content (AvgIpc) is 2.12. The molecule has 0 radical (unpaired) electrons. The summed E-state index contributed by atoms with van der Waals surface area (Å²) >= 11 is 6.54. The van der Waals surface area contributed by atoms with Crippen molar-refractivity contribution in [2.75, 3.05) is 13.2 Å². The molecule has 0 amide bonds. The molecule has 1 rings (SSSR count). The van der Waals surface area contributed by atoms with E-state index < -0.39 is 0 Å². The smallest absolute Gasteiger partial charge is 0.179 e. The number of ether oxygens (including phenoxy) is 2. The Morgan fingerprint density at radius 2 is 1.75 bits per heavy atom. The summed E-state index contributed by atoms with van der Waals surface area (Å²) in [5, 5.41) is 0. The van der Waals surface area contributed by atoms with Crippen molar-refractivity contribution in [2.45, 2.75) is 10.0 Å². The number of hydrogen-bond acceptors (Lipinski definition) is 2. The van der Waals surface area contributed by atoms with E-state index in [1.54, 1.807) is 0 Å². The van der Waals surface area contributed by atoms with Crippen molar-refractivity contribution in [3.8, 4) is 0 Å². The number of rotatable bonds is 1. The van der Waals surface area contributed by atoms with Gasteiger partial charge in [-0.25, -0.2) is 0 Å². The topological polar surface area (TPSA) is 18.5 Å². The summed E-state index contributed by atoms with van der Waals surface area (Å²) in [6, 6.07) is 0. The van der Waals surface area contributed by atoms with Gasteiger partial charge in [-0.1, -0.05) is 31.9 Å². The van der Waals surface area contributed by atoms with Gasteiger partial charge in [0.05, 0.1) is 13.2 Å². The van der Waals surface area contributed by atoms with Gasteiger partial charge in [-0.05, 0) is 0 Å². The summed E-state index contributed by atoms with van der Waals surface area (Å²) in [6.07, 6.45) is -0.102. The first-order chi connectivity index (χ1) is 3.80. The minimum Gasteiger partial charge on any atom is -0.348 e. The molecule has 4 heteroatoms. The lowest BCUT2D eigenvalue weighted by atomic mass is 10.8. The standard InChI is InChI=1S/C4H6Br2O2/c5-3(6)4-7-1-2-8-4/h3-4H,1-2H2. The fourth-order valence-electron chi connectivity index (χ4n) is 0.522. The molecule has 0 aliphatic carbocycles. The van der Waals surface area contributed by atoms with Crippen molar-refractivity contribution in [1.29, 1.82) is 0 Å². The molecule has 0 saturated carbocycles. The Hall–Kier alpha value is 0.880. The van der Waals surface area contributed by atoms with Crippen LogP contribution in [0.5, 0.6) is 0 Å². The molecular weight excluding hydrogens is 240 g/mol. The van der Waals surface area contributed by atoms with Crippen LogP contribution < -0.4 is 0 Å². The number of hydrogen-bond donors (Lipinski definition) is 0. The van der Waals surface area contributed by atoms with Gasteiger partial charge in [0.15, 0.2) is 6.29 Å². The molecule has 0 aromatic rings. The van der Waals surface area contributed by atoms with Gasteiger partial charge in [0.1, 0.15) is 3.74 Å². The molecule has 8 heavy (non-hydrogen) atoms. The van der Waals surface area contributed by atoms with Crippen molar-refractivity contribution in [3.63, 3.8) is 0 Å². The van der Waals surface area contributed by atoms with Crippen LogP contribution in [0.2, 0.25) is 0 Å². The first kappa shape index (κ1) is 6.99. The minimum absolute atomic E-state index is 0.102. The molecule has 1 fully saturated rings. The zero-order chi connectivity index (χ0) is 5.98. The molecule has 0 atom stereocenters. The molecule has 2 nitrogen and oxygen atoms in total. The number of alkyl halides is 2. The molecule has 0 bridgehead atoms. The van der Waals surface area contributed by atoms with Gasteiger partial charge in [0.2, 0.25) is 0 Å². The van der Waals surface area contributed by atoms with E-state index in [9.17, 15) is 0 Å². The Balaban J connectivity index is 2.24. The van der Waals surface area contributed by atoms with Gasteiger partial charge in [0.25, 0.3) is 0 Å². The third-order valence-corrected chi connectivity index (χ3v) is 1.72. The monoisotopic (exact) mass is 244 g/mol. The van der Waals surface area contributed by atoms with Gasteiger partial charge >= 0.3 is 0 Å². The summed E-state index contributed by atoms with van der Waals surface area (Å²) in [5.41, 5.74) is 0. The molecule has 0 spiro atoms. The van der Waals surface area contributed by atoms with E-state index in [4.69, 9.17) is 9.47 Å². The van der Waals surface area contributed by atoms with Crippen LogP contribution in [-0.2, 0) is 9.47 Å². The van der Waals surface area contributed by atoms with E-state index in [-0.39, 0.29) is 10.0 Å². The quantitative estimate of drug-likeness (QED) is 0.652.